The number of ether oxygens (including phenoxy) is 1. The van der Waals surface area contributed by atoms with Crippen molar-refractivity contribution in [2.24, 2.45) is 0 Å². The van der Waals surface area contributed by atoms with E-state index >= 15 is 0 Å². The van der Waals surface area contributed by atoms with Crippen LogP contribution >= 0.6 is 0 Å². The summed E-state index contributed by atoms with van der Waals surface area (Å²) in [6.07, 6.45) is 6.27. The van der Waals surface area contributed by atoms with E-state index in [1.54, 1.807) is 12.4 Å². The molecule has 4 aromatic rings. The summed E-state index contributed by atoms with van der Waals surface area (Å²) in [7, 11) is 0. The normalized spacial score (nSPS) is 16.7. The maximum absolute atomic E-state index is 13.1. The lowest BCUT2D eigenvalue weighted by Gasteiger charge is -2.34. The Morgan fingerprint density at radius 1 is 1.06 bits per heavy atom. The van der Waals surface area contributed by atoms with Crippen molar-refractivity contribution in [3.63, 3.8) is 0 Å². The summed E-state index contributed by atoms with van der Waals surface area (Å²) >= 11 is 0. The fraction of sp³-hybridized carbons (Fsp3) is 0.250. The lowest BCUT2D eigenvalue weighted by atomic mass is 10.00. The van der Waals surface area contributed by atoms with Crippen molar-refractivity contribution in [3.05, 3.63) is 72.6 Å². The number of carbonyl (C=O) groups is 1. The molecule has 8 nitrogen and oxygen atoms in total. The minimum Gasteiger partial charge on any atom is -0.456 e. The third-order valence-corrected chi connectivity index (χ3v) is 5.65. The number of anilines is 1. The molecule has 32 heavy (non-hydrogen) atoms. The van der Waals surface area contributed by atoms with Crippen molar-refractivity contribution in [2.45, 2.75) is 31.8 Å². The van der Waals surface area contributed by atoms with Crippen LogP contribution in [-0.2, 0) is 11.3 Å². The van der Waals surface area contributed by atoms with E-state index in [1.807, 2.05) is 54.6 Å². The number of pyridine rings is 1. The summed E-state index contributed by atoms with van der Waals surface area (Å²) in [4.78, 5) is 19.4. The van der Waals surface area contributed by atoms with Crippen LogP contribution in [0.25, 0.3) is 11.0 Å². The molecule has 1 atom stereocenters. The summed E-state index contributed by atoms with van der Waals surface area (Å²) in [5.41, 5.74) is 3.23. The third-order valence-electron chi connectivity index (χ3n) is 5.65. The maximum atomic E-state index is 13.1. The van der Waals surface area contributed by atoms with E-state index in [9.17, 15) is 4.79 Å². The van der Waals surface area contributed by atoms with Crippen LogP contribution in [0.1, 0.15) is 24.8 Å². The molecular formula is C24H23N5O3. The second-order valence-corrected chi connectivity index (χ2v) is 7.84. The van der Waals surface area contributed by atoms with Crippen molar-refractivity contribution >= 4 is 22.6 Å². The monoisotopic (exact) mass is 429 g/mol. The highest BCUT2D eigenvalue weighted by Gasteiger charge is 2.29. The van der Waals surface area contributed by atoms with Crippen LogP contribution in [-0.4, -0.2) is 38.7 Å². The molecule has 162 valence electrons. The van der Waals surface area contributed by atoms with E-state index in [2.05, 4.69) is 25.5 Å². The van der Waals surface area contributed by atoms with Crippen molar-refractivity contribution in [1.82, 2.24) is 20.2 Å². The fourth-order valence-electron chi connectivity index (χ4n) is 4.06. The summed E-state index contributed by atoms with van der Waals surface area (Å²) in [6, 6.07) is 16.6. The number of fused-ring (bicyclic) bond motifs is 1. The quantitative estimate of drug-likeness (QED) is 0.485. The Morgan fingerprint density at radius 3 is 2.81 bits per heavy atom. The first-order valence-corrected chi connectivity index (χ1v) is 10.7. The van der Waals surface area contributed by atoms with Gasteiger partial charge in [-0.25, -0.2) is 4.63 Å². The van der Waals surface area contributed by atoms with Crippen LogP contribution in [0, 0.1) is 0 Å². The highest BCUT2D eigenvalue weighted by Crippen LogP contribution is 2.25. The van der Waals surface area contributed by atoms with Gasteiger partial charge in [-0.15, -0.1) is 0 Å². The van der Waals surface area contributed by atoms with E-state index in [0.29, 0.717) is 18.0 Å². The van der Waals surface area contributed by atoms with E-state index in [1.165, 1.54) is 0 Å². The SMILES string of the molecule is O=C(Nc1ccc(Oc2cccnc2)cc1)C1CCCCN1Cc1cccc2nonc12. The van der Waals surface area contributed by atoms with Crippen molar-refractivity contribution in [3.8, 4) is 11.5 Å². The van der Waals surface area contributed by atoms with Crippen molar-refractivity contribution in [2.75, 3.05) is 11.9 Å². The fourth-order valence-corrected chi connectivity index (χ4v) is 4.06. The van der Waals surface area contributed by atoms with Crippen molar-refractivity contribution in [1.29, 1.82) is 0 Å². The van der Waals surface area contributed by atoms with Gasteiger partial charge in [0.2, 0.25) is 5.91 Å². The number of amides is 1. The number of nitrogens with zero attached hydrogens (tertiary/aromatic N) is 4. The topological polar surface area (TPSA) is 93.4 Å². The minimum atomic E-state index is -0.204. The van der Waals surface area contributed by atoms with Crippen LogP contribution in [0.3, 0.4) is 0 Å². The van der Waals surface area contributed by atoms with Gasteiger partial charge in [0.05, 0.1) is 12.2 Å². The standard InChI is InChI=1S/C24H23N5O3/c30-24(26-18-9-11-19(12-10-18)31-20-6-4-13-25-15-20)22-8-1-2-14-29(22)16-17-5-3-7-21-23(17)28-32-27-21/h3-7,9-13,15,22H,1-2,8,14,16H2,(H,26,30). The number of nitrogens with one attached hydrogen (secondary N) is 1. The first kappa shape index (κ1) is 20.1. The molecule has 1 aliphatic heterocycles. The Hall–Kier alpha value is -3.78. The molecule has 0 saturated carbocycles. The molecule has 2 aromatic carbocycles. The van der Waals surface area contributed by atoms with E-state index in [4.69, 9.17) is 9.37 Å². The van der Waals surface area contributed by atoms with Gasteiger partial charge >= 0.3 is 0 Å². The van der Waals surface area contributed by atoms with Gasteiger partial charge < -0.3 is 10.1 Å². The van der Waals surface area contributed by atoms with Gasteiger partial charge in [-0.05, 0) is 77.7 Å². The van der Waals surface area contributed by atoms with Gasteiger partial charge in [0.15, 0.2) is 0 Å². The van der Waals surface area contributed by atoms with E-state index in [0.717, 1.165) is 48.1 Å². The highest BCUT2D eigenvalue weighted by atomic mass is 16.6. The second-order valence-electron chi connectivity index (χ2n) is 7.84. The number of hydrogen-bond acceptors (Lipinski definition) is 7. The summed E-state index contributed by atoms with van der Waals surface area (Å²) in [6.45, 7) is 1.49. The molecule has 0 radical (unpaired) electrons. The van der Waals surface area contributed by atoms with Crippen LogP contribution in [0.2, 0.25) is 0 Å². The molecule has 1 saturated heterocycles. The Bertz CT molecular complexity index is 1190. The van der Waals surface area contributed by atoms with Gasteiger partial charge in [-0.2, -0.15) is 0 Å². The highest BCUT2D eigenvalue weighted by molar-refractivity contribution is 5.95. The molecule has 0 bridgehead atoms. The maximum Gasteiger partial charge on any atom is 0.241 e. The Balaban J connectivity index is 1.26. The molecule has 1 unspecified atom stereocenters. The van der Waals surface area contributed by atoms with E-state index < -0.39 is 0 Å². The number of hydrogen-bond donors (Lipinski definition) is 1. The van der Waals surface area contributed by atoms with Gasteiger partial charge in [0, 0.05) is 18.4 Å². The largest absolute Gasteiger partial charge is 0.456 e. The number of piperidine rings is 1. The zero-order valence-electron chi connectivity index (χ0n) is 17.5. The Kier molecular flexibility index (Phi) is 5.76. The summed E-state index contributed by atoms with van der Waals surface area (Å²) < 4.78 is 10.6. The summed E-state index contributed by atoms with van der Waals surface area (Å²) in [5.74, 6) is 1.35. The molecule has 5 rings (SSSR count). The molecule has 3 heterocycles. The van der Waals surface area contributed by atoms with Crippen LogP contribution in [0.15, 0.2) is 71.6 Å². The molecule has 1 aliphatic rings. The molecular weight excluding hydrogens is 406 g/mol. The molecule has 1 N–H and O–H groups in total. The molecule has 0 aliphatic carbocycles. The lowest BCUT2D eigenvalue weighted by Crippen LogP contribution is -2.46. The average molecular weight is 429 g/mol. The summed E-state index contributed by atoms with van der Waals surface area (Å²) in [5, 5.41) is 11.0. The first-order chi connectivity index (χ1) is 15.8. The molecule has 0 spiro atoms. The van der Waals surface area contributed by atoms with Gasteiger partial charge in [-0.3, -0.25) is 14.7 Å². The molecule has 1 fully saturated rings. The third kappa shape index (κ3) is 4.45. The second kappa shape index (κ2) is 9.15. The molecule has 8 heteroatoms. The van der Waals surface area contributed by atoms with Crippen molar-refractivity contribution < 1.29 is 14.2 Å². The number of carbonyl (C=O) groups excluding carboxylic acids is 1. The minimum absolute atomic E-state index is 0.00363. The number of aromatic nitrogens is 3. The van der Waals surface area contributed by atoms with Crippen LogP contribution in [0.5, 0.6) is 11.5 Å². The smallest absolute Gasteiger partial charge is 0.241 e. The molecule has 1 amide bonds. The predicted octanol–water partition coefficient (Wildman–Crippen LogP) is 4.40. The number of benzene rings is 2. The first-order valence-electron chi connectivity index (χ1n) is 10.7. The molecule has 2 aromatic heterocycles. The van der Waals surface area contributed by atoms with Gasteiger partial charge in [0.25, 0.3) is 0 Å². The Labute approximate surface area is 185 Å². The number of likely N-dealkylation sites (tertiary alicyclic amines) is 1. The number of rotatable bonds is 6. The van der Waals surface area contributed by atoms with Gasteiger partial charge in [-0.1, -0.05) is 18.6 Å². The zero-order valence-corrected chi connectivity index (χ0v) is 17.5. The predicted molar refractivity (Wildman–Crippen MR) is 119 cm³/mol. The average Bonchev–Trinajstić information content (AvgIpc) is 3.31. The van der Waals surface area contributed by atoms with E-state index in [-0.39, 0.29) is 11.9 Å². The van der Waals surface area contributed by atoms with Crippen LogP contribution < -0.4 is 10.1 Å². The lowest BCUT2D eigenvalue weighted by molar-refractivity contribution is -0.122. The zero-order chi connectivity index (χ0) is 21.8. The van der Waals surface area contributed by atoms with Gasteiger partial charge in [0.1, 0.15) is 22.5 Å². The van der Waals surface area contributed by atoms with Crippen LogP contribution in [0.4, 0.5) is 5.69 Å². The Morgan fingerprint density at radius 2 is 1.97 bits per heavy atom.